The summed E-state index contributed by atoms with van der Waals surface area (Å²) in [5, 5.41) is 1.01. The molecule has 3 saturated heterocycles. The molecule has 0 radical (unpaired) electrons. The monoisotopic (exact) mass is 395 g/mol. The lowest BCUT2D eigenvalue weighted by molar-refractivity contribution is -0.0451. The fourth-order valence-corrected chi connectivity index (χ4v) is 5.21. The number of carbonyl (C=O) groups excluding carboxylic acids is 1. The Bertz CT molecular complexity index is 877. The fraction of sp³-hybridized carbons (Fsp3) is 0.565. The average Bonchev–Trinajstić information content (AvgIpc) is 3.15. The molecule has 29 heavy (non-hydrogen) atoms. The van der Waals surface area contributed by atoms with Gasteiger partial charge >= 0.3 is 0 Å². The number of likely N-dealkylation sites (tertiary alicyclic amines) is 1. The van der Waals surface area contributed by atoms with Gasteiger partial charge in [-0.1, -0.05) is 18.2 Å². The van der Waals surface area contributed by atoms with E-state index in [0.29, 0.717) is 18.0 Å². The number of para-hydroxylation sites is 1. The number of fused-ring (bicyclic) bond motifs is 1. The number of hydrogen-bond donors (Lipinski definition) is 0. The van der Waals surface area contributed by atoms with Crippen molar-refractivity contribution in [3.63, 3.8) is 0 Å². The summed E-state index contributed by atoms with van der Waals surface area (Å²) in [6.45, 7) is 7.06. The maximum Gasteiger partial charge on any atom is 0.256 e. The highest BCUT2D eigenvalue weighted by atomic mass is 16.5. The first-order valence-corrected chi connectivity index (χ1v) is 10.8. The number of amides is 1. The average molecular weight is 396 g/mol. The number of pyridine rings is 1. The fourth-order valence-electron chi connectivity index (χ4n) is 5.21. The van der Waals surface area contributed by atoms with E-state index in [0.717, 1.165) is 76.2 Å². The minimum absolute atomic E-state index is 0.0774. The van der Waals surface area contributed by atoms with E-state index in [-0.39, 0.29) is 11.5 Å². The first-order chi connectivity index (χ1) is 14.2. The minimum atomic E-state index is -0.178. The van der Waals surface area contributed by atoms with Gasteiger partial charge in [0.05, 0.1) is 36.5 Å². The number of piperidine rings is 1. The first-order valence-electron chi connectivity index (χ1n) is 10.8. The molecule has 1 spiro atoms. The Kier molecular flexibility index (Phi) is 5.24. The van der Waals surface area contributed by atoms with E-state index >= 15 is 0 Å². The molecule has 0 bridgehead atoms. The van der Waals surface area contributed by atoms with E-state index in [2.05, 4.69) is 9.88 Å². The van der Waals surface area contributed by atoms with Crippen molar-refractivity contribution in [1.29, 1.82) is 0 Å². The summed E-state index contributed by atoms with van der Waals surface area (Å²) in [4.78, 5) is 22.3. The van der Waals surface area contributed by atoms with Gasteiger partial charge in [-0.15, -0.1) is 0 Å². The number of benzene rings is 1. The van der Waals surface area contributed by atoms with Crippen LogP contribution in [0, 0.1) is 5.92 Å². The predicted octanol–water partition coefficient (Wildman–Crippen LogP) is 2.58. The topological polar surface area (TPSA) is 54.9 Å². The largest absolute Gasteiger partial charge is 0.379 e. The van der Waals surface area contributed by atoms with Crippen LogP contribution in [-0.2, 0) is 9.47 Å². The Hall–Kier alpha value is -2.02. The van der Waals surface area contributed by atoms with E-state index in [4.69, 9.17) is 9.47 Å². The van der Waals surface area contributed by atoms with Crippen molar-refractivity contribution in [3.8, 4) is 0 Å². The van der Waals surface area contributed by atoms with Crippen molar-refractivity contribution < 1.29 is 14.3 Å². The number of aromatic nitrogens is 1. The van der Waals surface area contributed by atoms with E-state index in [1.807, 2.05) is 35.2 Å². The summed E-state index contributed by atoms with van der Waals surface area (Å²) in [7, 11) is 0. The Labute approximate surface area is 171 Å². The highest BCUT2D eigenvalue weighted by Gasteiger charge is 2.45. The van der Waals surface area contributed by atoms with E-state index < -0.39 is 0 Å². The molecule has 2 atom stereocenters. The normalized spacial score (nSPS) is 28.3. The zero-order valence-electron chi connectivity index (χ0n) is 16.9. The van der Waals surface area contributed by atoms with Crippen LogP contribution >= 0.6 is 0 Å². The van der Waals surface area contributed by atoms with Gasteiger partial charge in [0, 0.05) is 44.3 Å². The number of morpholine rings is 1. The van der Waals surface area contributed by atoms with Crippen LogP contribution < -0.4 is 0 Å². The van der Waals surface area contributed by atoms with Gasteiger partial charge in [0.2, 0.25) is 0 Å². The quantitative estimate of drug-likeness (QED) is 0.800. The lowest BCUT2D eigenvalue weighted by Gasteiger charge is -2.40. The van der Waals surface area contributed by atoms with E-state index in [1.165, 1.54) is 0 Å². The molecule has 1 aromatic carbocycles. The zero-order valence-corrected chi connectivity index (χ0v) is 16.9. The van der Waals surface area contributed by atoms with Crippen LogP contribution in [0.15, 0.2) is 36.5 Å². The van der Waals surface area contributed by atoms with Crippen LogP contribution in [0.2, 0.25) is 0 Å². The van der Waals surface area contributed by atoms with Crippen molar-refractivity contribution in [3.05, 3.63) is 42.1 Å². The molecule has 1 aromatic heterocycles. The van der Waals surface area contributed by atoms with Gasteiger partial charge in [-0.25, -0.2) is 0 Å². The van der Waals surface area contributed by atoms with Crippen molar-refractivity contribution in [2.24, 2.45) is 5.92 Å². The van der Waals surface area contributed by atoms with Gasteiger partial charge in [-0.05, 0) is 37.3 Å². The highest BCUT2D eigenvalue weighted by Crippen LogP contribution is 2.38. The van der Waals surface area contributed by atoms with E-state index in [1.54, 1.807) is 6.20 Å². The number of hydrogen-bond acceptors (Lipinski definition) is 5. The summed E-state index contributed by atoms with van der Waals surface area (Å²) in [6, 6.07) is 9.77. The van der Waals surface area contributed by atoms with Gasteiger partial charge in [0.25, 0.3) is 5.91 Å². The number of rotatable bonds is 3. The number of ether oxygens (including phenoxy) is 2. The Morgan fingerprint density at radius 1 is 1.17 bits per heavy atom. The molecule has 4 heterocycles. The second kappa shape index (κ2) is 8.01. The van der Waals surface area contributed by atoms with Gasteiger partial charge < -0.3 is 14.4 Å². The van der Waals surface area contributed by atoms with Crippen LogP contribution in [0.25, 0.3) is 10.9 Å². The Balaban J connectivity index is 1.28. The SMILES string of the molecule is O=C(c1cccc2cccnc12)N1CCCC2(CC(CN3CCOCC3)CO2)C1. The molecule has 154 valence electrons. The van der Waals surface area contributed by atoms with Crippen molar-refractivity contribution in [1.82, 2.24) is 14.8 Å². The third kappa shape index (κ3) is 3.89. The molecule has 0 N–H and O–H groups in total. The predicted molar refractivity (Wildman–Crippen MR) is 111 cm³/mol. The summed E-state index contributed by atoms with van der Waals surface area (Å²) in [5.41, 5.74) is 1.31. The number of carbonyl (C=O) groups is 1. The molecule has 3 aliphatic heterocycles. The van der Waals surface area contributed by atoms with Crippen molar-refractivity contribution in [2.45, 2.75) is 24.9 Å². The molecule has 6 heteroatoms. The van der Waals surface area contributed by atoms with Crippen LogP contribution in [0.1, 0.15) is 29.6 Å². The molecule has 1 amide bonds. The van der Waals surface area contributed by atoms with Crippen LogP contribution in [0.5, 0.6) is 0 Å². The maximum absolute atomic E-state index is 13.4. The van der Waals surface area contributed by atoms with Gasteiger partial charge in [-0.2, -0.15) is 0 Å². The molecule has 2 aromatic rings. The maximum atomic E-state index is 13.4. The van der Waals surface area contributed by atoms with Crippen LogP contribution in [0.4, 0.5) is 0 Å². The van der Waals surface area contributed by atoms with Crippen LogP contribution in [-0.4, -0.2) is 78.8 Å². The summed E-state index contributed by atoms with van der Waals surface area (Å²) >= 11 is 0. The third-order valence-corrected chi connectivity index (χ3v) is 6.60. The standard InChI is InChI=1S/C23H29N3O3/c27-22(20-6-1-4-19-5-2-8-24-21(19)20)26-9-3-7-23(17-26)14-18(16-29-23)15-25-10-12-28-13-11-25/h1-2,4-6,8,18H,3,7,9-17H2. The molecule has 0 aliphatic carbocycles. The molecule has 3 aliphatic rings. The molecule has 2 unspecified atom stereocenters. The molecular formula is C23H29N3O3. The minimum Gasteiger partial charge on any atom is -0.379 e. The second-order valence-electron chi connectivity index (χ2n) is 8.69. The first kappa shape index (κ1) is 19.0. The summed E-state index contributed by atoms with van der Waals surface area (Å²) in [6.07, 6.45) is 4.84. The van der Waals surface area contributed by atoms with Crippen molar-refractivity contribution in [2.75, 3.05) is 52.5 Å². The summed E-state index contributed by atoms with van der Waals surface area (Å²) in [5.74, 6) is 0.621. The van der Waals surface area contributed by atoms with Gasteiger partial charge in [-0.3, -0.25) is 14.7 Å². The molecule has 0 saturated carbocycles. The van der Waals surface area contributed by atoms with E-state index in [9.17, 15) is 4.79 Å². The van der Waals surface area contributed by atoms with Crippen LogP contribution in [0.3, 0.4) is 0 Å². The lowest BCUT2D eigenvalue weighted by Crippen LogP contribution is -2.50. The highest BCUT2D eigenvalue weighted by molar-refractivity contribution is 6.05. The lowest BCUT2D eigenvalue weighted by atomic mass is 9.86. The third-order valence-electron chi connectivity index (χ3n) is 6.60. The summed E-state index contributed by atoms with van der Waals surface area (Å²) < 4.78 is 11.8. The number of nitrogens with zero attached hydrogens (tertiary/aromatic N) is 3. The molecular weight excluding hydrogens is 366 g/mol. The smallest absolute Gasteiger partial charge is 0.256 e. The van der Waals surface area contributed by atoms with Crippen molar-refractivity contribution >= 4 is 16.8 Å². The zero-order chi connectivity index (χ0) is 19.7. The van der Waals surface area contributed by atoms with Gasteiger partial charge in [0.1, 0.15) is 0 Å². The van der Waals surface area contributed by atoms with Gasteiger partial charge in [0.15, 0.2) is 0 Å². The second-order valence-corrected chi connectivity index (χ2v) is 8.69. The molecule has 3 fully saturated rings. The Morgan fingerprint density at radius 2 is 2.03 bits per heavy atom. The molecule has 6 nitrogen and oxygen atoms in total. The Morgan fingerprint density at radius 3 is 2.93 bits per heavy atom. The molecule has 5 rings (SSSR count).